The molecule has 0 atom stereocenters. The minimum atomic E-state index is -0.511. The summed E-state index contributed by atoms with van der Waals surface area (Å²) in [6.07, 6.45) is 3.98. The van der Waals surface area contributed by atoms with Crippen LogP contribution in [0.5, 0.6) is 0 Å². The Morgan fingerprint density at radius 2 is 2.31 bits per heavy atom. The summed E-state index contributed by atoms with van der Waals surface area (Å²) < 4.78 is 0. The number of nitrogens with zero attached hydrogens (tertiary/aromatic N) is 2. The number of nitro groups is 1. The fraction of sp³-hybridized carbons (Fsp3) is 0. The van der Waals surface area contributed by atoms with Gasteiger partial charge in [-0.25, -0.2) is 0 Å². The summed E-state index contributed by atoms with van der Waals surface area (Å²) in [4.78, 5) is 12.6. The van der Waals surface area contributed by atoms with Crippen LogP contribution in [0.25, 0.3) is 17.0 Å². The van der Waals surface area contributed by atoms with Gasteiger partial charge in [-0.1, -0.05) is 6.07 Å². The third-order valence-corrected chi connectivity index (χ3v) is 2.22. The van der Waals surface area contributed by atoms with Crippen molar-refractivity contribution in [3.8, 4) is 6.07 Å². The number of hydrogen-bond donors (Lipinski definition) is 1. The lowest BCUT2D eigenvalue weighted by molar-refractivity contribution is -0.400. The van der Waals surface area contributed by atoms with E-state index in [-0.39, 0.29) is 0 Å². The van der Waals surface area contributed by atoms with Gasteiger partial charge in [-0.05, 0) is 12.1 Å². The van der Waals surface area contributed by atoms with Gasteiger partial charge >= 0.3 is 0 Å². The zero-order valence-corrected chi connectivity index (χ0v) is 8.18. The molecule has 1 N–H and O–H groups in total. The molecular formula is C11H7N3O2. The third kappa shape index (κ3) is 1.77. The van der Waals surface area contributed by atoms with Crippen molar-refractivity contribution < 1.29 is 4.92 Å². The molecule has 2 rings (SSSR count). The standard InChI is InChI=1S/C11H7N3O2/c12-6-8-1-2-10-9(3-4-14(15)16)7-13-11(10)5-8/h1-5,7,13H/b4-3+. The van der Waals surface area contributed by atoms with Crippen molar-refractivity contribution in [2.45, 2.75) is 0 Å². The summed E-state index contributed by atoms with van der Waals surface area (Å²) in [6.45, 7) is 0. The van der Waals surface area contributed by atoms with Gasteiger partial charge in [-0.15, -0.1) is 0 Å². The molecule has 16 heavy (non-hydrogen) atoms. The zero-order chi connectivity index (χ0) is 11.5. The molecule has 0 aliphatic heterocycles. The summed E-state index contributed by atoms with van der Waals surface area (Å²) in [5.41, 5.74) is 2.08. The number of H-pyrrole nitrogens is 1. The van der Waals surface area contributed by atoms with Crippen molar-refractivity contribution in [3.63, 3.8) is 0 Å². The van der Waals surface area contributed by atoms with Crippen molar-refractivity contribution in [1.29, 1.82) is 5.26 Å². The fourth-order valence-corrected chi connectivity index (χ4v) is 1.50. The van der Waals surface area contributed by atoms with Crippen molar-refractivity contribution in [2.75, 3.05) is 0 Å². The molecule has 2 aromatic rings. The van der Waals surface area contributed by atoms with E-state index in [1.54, 1.807) is 24.4 Å². The lowest BCUT2D eigenvalue weighted by atomic mass is 10.1. The second kappa shape index (κ2) is 3.87. The molecule has 1 heterocycles. The Labute approximate surface area is 90.8 Å². The van der Waals surface area contributed by atoms with Crippen molar-refractivity contribution >= 4 is 17.0 Å². The Morgan fingerprint density at radius 1 is 1.50 bits per heavy atom. The highest BCUT2D eigenvalue weighted by molar-refractivity contribution is 5.89. The molecular weight excluding hydrogens is 206 g/mol. The summed E-state index contributed by atoms with van der Waals surface area (Å²) in [5.74, 6) is 0. The van der Waals surface area contributed by atoms with Gasteiger partial charge in [0.1, 0.15) is 0 Å². The average molecular weight is 213 g/mol. The van der Waals surface area contributed by atoms with E-state index in [1.165, 1.54) is 6.08 Å². The van der Waals surface area contributed by atoms with Gasteiger partial charge in [0, 0.05) is 28.7 Å². The fourth-order valence-electron chi connectivity index (χ4n) is 1.50. The molecule has 0 fully saturated rings. The third-order valence-electron chi connectivity index (χ3n) is 2.22. The minimum Gasteiger partial charge on any atom is -0.361 e. The van der Waals surface area contributed by atoms with Crippen LogP contribution in [-0.2, 0) is 0 Å². The van der Waals surface area contributed by atoms with E-state index in [9.17, 15) is 10.1 Å². The molecule has 0 aliphatic rings. The highest BCUT2D eigenvalue weighted by Crippen LogP contribution is 2.20. The smallest absolute Gasteiger partial charge is 0.235 e. The van der Waals surface area contributed by atoms with Crippen molar-refractivity contribution in [2.24, 2.45) is 0 Å². The van der Waals surface area contributed by atoms with Gasteiger partial charge in [0.25, 0.3) is 0 Å². The topological polar surface area (TPSA) is 82.7 Å². The Bertz CT molecular complexity index is 620. The number of fused-ring (bicyclic) bond motifs is 1. The van der Waals surface area contributed by atoms with Gasteiger partial charge in [0.2, 0.25) is 6.20 Å². The molecule has 0 bridgehead atoms. The van der Waals surface area contributed by atoms with Crippen LogP contribution >= 0.6 is 0 Å². The van der Waals surface area contributed by atoms with Crippen LogP contribution in [0.1, 0.15) is 11.1 Å². The number of benzene rings is 1. The highest BCUT2D eigenvalue weighted by atomic mass is 16.6. The second-order valence-electron chi connectivity index (χ2n) is 3.22. The molecule has 0 radical (unpaired) electrons. The molecule has 0 saturated heterocycles. The number of aromatic nitrogens is 1. The van der Waals surface area contributed by atoms with Gasteiger partial charge in [-0.2, -0.15) is 5.26 Å². The quantitative estimate of drug-likeness (QED) is 0.613. The summed E-state index contributed by atoms with van der Waals surface area (Å²) in [5, 5.41) is 19.8. The Morgan fingerprint density at radius 3 is 3.00 bits per heavy atom. The highest BCUT2D eigenvalue weighted by Gasteiger charge is 2.02. The van der Waals surface area contributed by atoms with Crippen molar-refractivity contribution in [3.05, 3.63) is 51.8 Å². The molecule has 0 unspecified atom stereocenters. The maximum absolute atomic E-state index is 10.2. The summed E-state index contributed by atoms with van der Waals surface area (Å²) in [6, 6.07) is 7.19. The minimum absolute atomic E-state index is 0.511. The van der Waals surface area contributed by atoms with E-state index in [0.717, 1.165) is 22.7 Å². The summed E-state index contributed by atoms with van der Waals surface area (Å²) in [7, 11) is 0. The van der Waals surface area contributed by atoms with E-state index < -0.39 is 4.92 Å². The Balaban J connectivity index is 2.50. The van der Waals surface area contributed by atoms with E-state index in [2.05, 4.69) is 4.98 Å². The number of nitriles is 1. The first-order valence-electron chi connectivity index (χ1n) is 4.53. The lowest BCUT2D eigenvalue weighted by Crippen LogP contribution is -1.81. The predicted molar refractivity (Wildman–Crippen MR) is 59.0 cm³/mol. The average Bonchev–Trinajstić information content (AvgIpc) is 2.68. The van der Waals surface area contributed by atoms with E-state index in [0.29, 0.717) is 5.56 Å². The molecule has 0 aliphatic carbocycles. The van der Waals surface area contributed by atoms with Crippen molar-refractivity contribution in [1.82, 2.24) is 4.98 Å². The maximum Gasteiger partial charge on any atom is 0.235 e. The number of rotatable bonds is 2. The largest absolute Gasteiger partial charge is 0.361 e. The molecule has 1 aromatic carbocycles. The Kier molecular flexibility index (Phi) is 2.40. The first kappa shape index (κ1) is 9.93. The van der Waals surface area contributed by atoms with Crippen LogP contribution in [0.3, 0.4) is 0 Å². The summed E-state index contributed by atoms with van der Waals surface area (Å²) >= 11 is 0. The first-order chi connectivity index (χ1) is 7.70. The lowest BCUT2D eigenvalue weighted by Gasteiger charge is -1.91. The first-order valence-corrected chi connectivity index (χ1v) is 4.53. The monoisotopic (exact) mass is 213 g/mol. The van der Waals surface area contributed by atoms with Gasteiger partial charge in [0.05, 0.1) is 16.6 Å². The molecule has 5 nitrogen and oxygen atoms in total. The van der Waals surface area contributed by atoms with Gasteiger partial charge < -0.3 is 4.98 Å². The molecule has 0 amide bonds. The number of nitrogens with one attached hydrogen (secondary N) is 1. The predicted octanol–water partition coefficient (Wildman–Crippen LogP) is 2.29. The van der Waals surface area contributed by atoms with Crippen LogP contribution in [0.4, 0.5) is 0 Å². The van der Waals surface area contributed by atoms with Crippen LogP contribution < -0.4 is 0 Å². The second-order valence-corrected chi connectivity index (χ2v) is 3.22. The molecule has 1 aromatic heterocycles. The number of aromatic amines is 1. The number of hydrogen-bond acceptors (Lipinski definition) is 3. The maximum atomic E-state index is 10.2. The Hall–Kier alpha value is -2.61. The SMILES string of the molecule is N#Cc1ccc2c(/C=C/[N+](=O)[O-])c[nH]c2c1. The van der Waals surface area contributed by atoms with E-state index in [4.69, 9.17) is 5.26 Å². The molecule has 78 valence electrons. The molecule has 0 spiro atoms. The zero-order valence-electron chi connectivity index (χ0n) is 8.18. The van der Waals surface area contributed by atoms with E-state index >= 15 is 0 Å². The van der Waals surface area contributed by atoms with Crippen LogP contribution in [0.2, 0.25) is 0 Å². The van der Waals surface area contributed by atoms with Crippen LogP contribution in [0, 0.1) is 21.4 Å². The molecule has 5 heteroatoms. The molecule has 0 saturated carbocycles. The van der Waals surface area contributed by atoms with Crippen LogP contribution in [-0.4, -0.2) is 9.91 Å². The van der Waals surface area contributed by atoms with Crippen LogP contribution in [0.15, 0.2) is 30.6 Å². The van der Waals surface area contributed by atoms with Gasteiger partial charge in [0.15, 0.2) is 0 Å². The van der Waals surface area contributed by atoms with Gasteiger partial charge in [-0.3, -0.25) is 10.1 Å². The normalized spacial score (nSPS) is 10.7. The van der Waals surface area contributed by atoms with E-state index in [1.807, 2.05) is 6.07 Å².